The second-order valence-corrected chi connectivity index (χ2v) is 2.23. The van der Waals surface area contributed by atoms with Gasteiger partial charge in [-0.1, -0.05) is 0 Å². The van der Waals surface area contributed by atoms with Crippen LogP contribution < -0.4 is 0 Å². The van der Waals surface area contributed by atoms with Gasteiger partial charge in [0.1, 0.15) is 6.61 Å². The van der Waals surface area contributed by atoms with E-state index in [-0.39, 0.29) is 11.8 Å². The number of hydrogen-bond donors (Lipinski definition) is 0. The number of nitrogens with zero attached hydrogens (tertiary/aromatic N) is 2. The Balaban J connectivity index is 2.56. The molecule has 0 bridgehead atoms. The van der Waals surface area contributed by atoms with Gasteiger partial charge < -0.3 is 9.64 Å². The van der Waals surface area contributed by atoms with Crippen LogP contribution in [0.1, 0.15) is 0 Å². The van der Waals surface area contributed by atoms with Crippen LogP contribution in [0.5, 0.6) is 0 Å². The van der Waals surface area contributed by atoms with Gasteiger partial charge in [0, 0.05) is 14.1 Å². The Labute approximate surface area is 59.5 Å². The molecule has 0 spiro atoms. The van der Waals surface area contributed by atoms with Crippen molar-refractivity contribution in [2.75, 3.05) is 27.2 Å². The van der Waals surface area contributed by atoms with Crippen molar-refractivity contribution in [2.45, 2.75) is 0 Å². The Morgan fingerprint density at radius 2 is 2.40 bits per heavy atom. The number of aliphatic imine (C=N–C) groups is 1. The van der Waals surface area contributed by atoms with Gasteiger partial charge in [0.15, 0.2) is 0 Å². The zero-order valence-corrected chi connectivity index (χ0v) is 6.13. The molecule has 1 aliphatic rings. The highest BCUT2D eigenvalue weighted by atomic mass is 16.5. The lowest BCUT2D eigenvalue weighted by Gasteiger charge is -2.08. The van der Waals surface area contributed by atoms with Crippen molar-refractivity contribution >= 4 is 11.8 Å². The van der Waals surface area contributed by atoms with Crippen molar-refractivity contribution in [1.82, 2.24) is 4.90 Å². The van der Waals surface area contributed by atoms with Crippen LogP contribution in [0.15, 0.2) is 4.99 Å². The molecule has 0 N–H and O–H groups in total. The average molecular weight is 142 g/mol. The number of hydrogen-bond acceptors (Lipinski definition) is 3. The van der Waals surface area contributed by atoms with E-state index in [0.29, 0.717) is 13.2 Å². The molecule has 1 aliphatic heterocycles. The van der Waals surface area contributed by atoms with E-state index in [9.17, 15) is 4.79 Å². The average Bonchev–Trinajstić information content (AvgIpc) is 2.36. The number of carbonyl (C=O) groups is 1. The normalized spacial score (nSPS) is 16.0. The molecule has 0 aliphatic carbocycles. The summed E-state index contributed by atoms with van der Waals surface area (Å²) < 4.78 is 4.93. The molecule has 1 heterocycles. The minimum absolute atomic E-state index is 0.155. The summed E-state index contributed by atoms with van der Waals surface area (Å²) in [7, 11) is 3.35. The van der Waals surface area contributed by atoms with Crippen LogP contribution in [0, 0.1) is 0 Å². The van der Waals surface area contributed by atoms with Crippen molar-refractivity contribution in [3.05, 3.63) is 0 Å². The minimum atomic E-state index is -0.155. The number of ether oxygens (including phenoxy) is 1. The molecule has 4 nitrogen and oxygen atoms in total. The first-order valence-corrected chi connectivity index (χ1v) is 3.10. The second kappa shape index (κ2) is 2.68. The van der Waals surface area contributed by atoms with Gasteiger partial charge in [0.05, 0.1) is 6.54 Å². The smallest absolute Gasteiger partial charge is 0.308 e. The molecular formula is C6H10N2O2. The topological polar surface area (TPSA) is 41.9 Å². The van der Waals surface area contributed by atoms with E-state index in [1.54, 1.807) is 14.1 Å². The first-order chi connectivity index (χ1) is 4.72. The van der Waals surface area contributed by atoms with Crippen molar-refractivity contribution in [3.63, 3.8) is 0 Å². The van der Waals surface area contributed by atoms with Crippen LogP contribution in [-0.4, -0.2) is 44.0 Å². The summed E-state index contributed by atoms with van der Waals surface area (Å²) in [5.74, 6) is 0.0856. The summed E-state index contributed by atoms with van der Waals surface area (Å²) >= 11 is 0. The summed E-state index contributed by atoms with van der Waals surface area (Å²) in [5, 5.41) is 0. The number of likely N-dealkylation sites (N-methyl/N-ethyl adjacent to an activating group) is 1. The molecule has 0 aromatic carbocycles. The molecule has 10 heavy (non-hydrogen) atoms. The maximum atomic E-state index is 11.0. The first kappa shape index (κ1) is 7.05. The van der Waals surface area contributed by atoms with E-state index in [1.807, 2.05) is 0 Å². The molecule has 0 unspecified atom stereocenters. The molecule has 0 aromatic heterocycles. The maximum Gasteiger partial charge on any atom is 0.308 e. The molecule has 0 saturated carbocycles. The molecule has 56 valence electrons. The lowest BCUT2D eigenvalue weighted by Crippen LogP contribution is -2.29. The molecule has 0 aromatic rings. The third kappa shape index (κ3) is 1.26. The van der Waals surface area contributed by atoms with E-state index in [0.717, 1.165) is 0 Å². The van der Waals surface area contributed by atoms with E-state index in [2.05, 4.69) is 4.99 Å². The van der Waals surface area contributed by atoms with E-state index < -0.39 is 0 Å². The highest BCUT2D eigenvalue weighted by Crippen LogP contribution is 1.96. The summed E-state index contributed by atoms with van der Waals surface area (Å²) in [5.41, 5.74) is 0. The lowest BCUT2D eigenvalue weighted by molar-refractivity contribution is -0.123. The zero-order chi connectivity index (χ0) is 7.56. The monoisotopic (exact) mass is 142 g/mol. The SMILES string of the molecule is CN(C)C(=O)C1=NCCO1. The molecule has 0 saturated heterocycles. The van der Waals surface area contributed by atoms with Gasteiger partial charge >= 0.3 is 5.91 Å². The van der Waals surface area contributed by atoms with E-state index in [1.165, 1.54) is 4.90 Å². The number of carbonyl (C=O) groups excluding carboxylic acids is 1. The fourth-order valence-electron chi connectivity index (χ4n) is 0.656. The van der Waals surface area contributed by atoms with E-state index >= 15 is 0 Å². The third-order valence-corrected chi connectivity index (χ3v) is 1.17. The van der Waals surface area contributed by atoms with Crippen LogP contribution in [0.4, 0.5) is 0 Å². The quantitative estimate of drug-likeness (QED) is 0.495. The predicted octanol–water partition coefficient (Wildman–Crippen LogP) is -0.497. The van der Waals surface area contributed by atoms with Gasteiger partial charge in [-0.2, -0.15) is 0 Å². The largest absolute Gasteiger partial charge is 0.472 e. The van der Waals surface area contributed by atoms with Gasteiger partial charge in [-0.25, -0.2) is 4.99 Å². The Hall–Kier alpha value is -1.06. The van der Waals surface area contributed by atoms with Crippen LogP contribution in [0.25, 0.3) is 0 Å². The van der Waals surface area contributed by atoms with Crippen molar-refractivity contribution in [2.24, 2.45) is 4.99 Å². The minimum Gasteiger partial charge on any atom is -0.472 e. The molecule has 1 rings (SSSR count). The molecule has 1 amide bonds. The number of rotatable bonds is 1. The first-order valence-electron chi connectivity index (χ1n) is 3.10. The van der Waals surface area contributed by atoms with Gasteiger partial charge in [0.25, 0.3) is 5.90 Å². The number of amides is 1. The fourth-order valence-corrected chi connectivity index (χ4v) is 0.656. The van der Waals surface area contributed by atoms with Crippen molar-refractivity contribution in [1.29, 1.82) is 0 Å². The highest BCUT2D eigenvalue weighted by molar-refractivity contribution is 6.35. The summed E-state index contributed by atoms with van der Waals surface area (Å²) in [4.78, 5) is 16.3. The van der Waals surface area contributed by atoms with Gasteiger partial charge in [0.2, 0.25) is 0 Å². The molecule has 4 heteroatoms. The summed E-state index contributed by atoms with van der Waals surface area (Å²) in [6, 6.07) is 0. The van der Waals surface area contributed by atoms with Crippen LogP contribution in [0.3, 0.4) is 0 Å². The van der Waals surface area contributed by atoms with E-state index in [4.69, 9.17) is 4.74 Å². The van der Waals surface area contributed by atoms with Gasteiger partial charge in [-0.05, 0) is 0 Å². The highest BCUT2D eigenvalue weighted by Gasteiger charge is 2.17. The van der Waals surface area contributed by atoms with Crippen molar-refractivity contribution < 1.29 is 9.53 Å². The Morgan fingerprint density at radius 1 is 1.70 bits per heavy atom. The van der Waals surface area contributed by atoms with Crippen LogP contribution in [0.2, 0.25) is 0 Å². The predicted molar refractivity (Wildman–Crippen MR) is 36.9 cm³/mol. The van der Waals surface area contributed by atoms with Crippen molar-refractivity contribution in [3.8, 4) is 0 Å². The Morgan fingerprint density at radius 3 is 2.80 bits per heavy atom. The Bertz CT molecular complexity index is 175. The maximum absolute atomic E-state index is 11.0. The molecule has 0 radical (unpaired) electrons. The summed E-state index contributed by atoms with van der Waals surface area (Å²) in [6.45, 7) is 1.14. The molecule has 0 atom stereocenters. The third-order valence-electron chi connectivity index (χ3n) is 1.17. The van der Waals surface area contributed by atoms with Gasteiger partial charge in [-0.15, -0.1) is 0 Å². The summed E-state index contributed by atoms with van der Waals surface area (Å²) in [6.07, 6.45) is 0. The molecular weight excluding hydrogens is 132 g/mol. The second-order valence-electron chi connectivity index (χ2n) is 2.23. The zero-order valence-electron chi connectivity index (χ0n) is 6.13. The van der Waals surface area contributed by atoms with Gasteiger partial charge in [-0.3, -0.25) is 4.79 Å². The van der Waals surface area contributed by atoms with Crippen LogP contribution >= 0.6 is 0 Å². The van der Waals surface area contributed by atoms with Crippen LogP contribution in [-0.2, 0) is 9.53 Å². The Kier molecular flexibility index (Phi) is 1.89. The molecule has 0 fully saturated rings. The standard InChI is InChI=1S/C6H10N2O2/c1-8(2)6(9)5-7-3-4-10-5/h3-4H2,1-2H3. The fraction of sp³-hybridized carbons (Fsp3) is 0.667. The lowest BCUT2D eigenvalue weighted by atomic mass is 10.5.